The molecule has 1 aromatic heterocycles. The van der Waals surface area contributed by atoms with Gasteiger partial charge in [0.2, 0.25) is 5.28 Å². The van der Waals surface area contributed by atoms with Crippen molar-refractivity contribution in [1.29, 1.82) is 0 Å². The van der Waals surface area contributed by atoms with E-state index >= 15 is 0 Å². The van der Waals surface area contributed by atoms with Crippen molar-refractivity contribution in [3.8, 4) is 0 Å². The molecule has 1 unspecified atom stereocenters. The van der Waals surface area contributed by atoms with E-state index in [0.29, 0.717) is 17.1 Å². The minimum absolute atomic E-state index is 0.130. The van der Waals surface area contributed by atoms with E-state index in [1.165, 1.54) is 0 Å². The van der Waals surface area contributed by atoms with Crippen LogP contribution < -0.4 is 5.73 Å². The van der Waals surface area contributed by atoms with Crippen molar-refractivity contribution in [2.45, 2.75) is 25.4 Å². The van der Waals surface area contributed by atoms with Crippen LogP contribution in [0.5, 0.6) is 0 Å². The molecule has 82 valence electrons. The first kappa shape index (κ1) is 10.9. The lowest BCUT2D eigenvalue weighted by Gasteiger charge is -2.10. The zero-order valence-electron chi connectivity index (χ0n) is 8.04. The molecule has 0 aromatic carbocycles. The summed E-state index contributed by atoms with van der Waals surface area (Å²) in [5.41, 5.74) is 6.26. The minimum atomic E-state index is 0.130. The van der Waals surface area contributed by atoms with Gasteiger partial charge in [0, 0.05) is 13.0 Å². The van der Waals surface area contributed by atoms with Crippen molar-refractivity contribution in [2.24, 2.45) is 0 Å². The molecule has 0 bridgehead atoms. The van der Waals surface area contributed by atoms with Gasteiger partial charge in [-0.1, -0.05) is 11.6 Å². The molecule has 0 amide bonds. The Morgan fingerprint density at radius 1 is 1.40 bits per heavy atom. The summed E-state index contributed by atoms with van der Waals surface area (Å²) in [7, 11) is 0. The molecule has 0 aliphatic carbocycles. The molecule has 1 atom stereocenters. The van der Waals surface area contributed by atoms with Crippen molar-refractivity contribution in [3.63, 3.8) is 0 Å². The standard InChI is InChI=1S/C9H11Cl2N3O/c10-7-6(4-5-2-1-3-15-5)13-9(11)14-8(7)12/h5H,1-4H2,(H2,12,13,14). The molecular formula is C9H11Cl2N3O. The zero-order valence-corrected chi connectivity index (χ0v) is 9.55. The van der Waals surface area contributed by atoms with Gasteiger partial charge in [-0.3, -0.25) is 0 Å². The van der Waals surface area contributed by atoms with E-state index in [9.17, 15) is 0 Å². The van der Waals surface area contributed by atoms with Crippen LogP contribution in [0.3, 0.4) is 0 Å². The molecule has 15 heavy (non-hydrogen) atoms. The predicted molar refractivity (Wildman–Crippen MR) is 59.1 cm³/mol. The quantitative estimate of drug-likeness (QED) is 0.814. The molecule has 4 nitrogen and oxygen atoms in total. The lowest BCUT2D eigenvalue weighted by Crippen LogP contribution is -2.12. The summed E-state index contributed by atoms with van der Waals surface area (Å²) in [4.78, 5) is 7.83. The monoisotopic (exact) mass is 247 g/mol. The van der Waals surface area contributed by atoms with Gasteiger partial charge in [0.05, 0.1) is 11.8 Å². The van der Waals surface area contributed by atoms with Crippen molar-refractivity contribution in [2.75, 3.05) is 12.3 Å². The van der Waals surface area contributed by atoms with Crippen LogP contribution in [0, 0.1) is 0 Å². The number of anilines is 1. The van der Waals surface area contributed by atoms with Crippen molar-refractivity contribution in [1.82, 2.24) is 9.97 Å². The summed E-state index contributed by atoms with van der Waals surface area (Å²) in [6.07, 6.45) is 2.92. The van der Waals surface area contributed by atoms with E-state index in [1.54, 1.807) is 0 Å². The number of hydrogen-bond donors (Lipinski definition) is 1. The highest BCUT2D eigenvalue weighted by molar-refractivity contribution is 6.34. The van der Waals surface area contributed by atoms with Gasteiger partial charge >= 0.3 is 0 Å². The molecule has 0 saturated carbocycles. The Hall–Kier alpha value is -0.580. The first-order valence-corrected chi connectivity index (χ1v) is 5.51. The van der Waals surface area contributed by atoms with E-state index in [-0.39, 0.29) is 17.2 Å². The van der Waals surface area contributed by atoms with Crippen molar-refractivity contribution < 1.29 is 4.74 Å². The Morgan fingerprint density at radius 2 is 2.20 bits per heavy atom. The number of nitrogen functional groups attached to an aromatic ring is 1. The highest BCUT2D eigenvalue weighted by Crippen LogP contribution is 2.25. The first-order valence-electron chi connectivity index (χ1n) is 4.76. The number of ether oxygens (including phenoxy) is 1. The van der Waals surface area contributed by atoms with Gasteiger partial charge in [-0.25, -0.2) is 4.98 Å². The van der Waals surface area contributed by atoms with Crippen LogP contribution in [0.4, 0.5) is 5.82 Å². The Balaban J connectivity index is 2.19. The average molecular weight is 248 g/mol. The van der Waals surface area contributed by atoms with E-state index in [2.05, 4.69) is 9.97 Å². The molecule has 1 aliphatic rings. The summed E-state index contributed by atoms with van der Waals surface area (Å²) in [5, 5.41) is 0.514. The molecule has 1 fully saturated rings. The summed E-state index contributed by atoms with van der Waals surface area (Å²) < 4.78 is 5.49. The predicted octanol–water partition coefficient (Wildman–Crippen LogP) is 2.09. The number of rotatable bonds is 2. The zero-order chi connectivity index (χ0) is 10.8. The lowest BCUT2D eigenvalue weighted by atomic mass is 10.1. The van der Waals surface area contributed by atoms with Gasteiger partial charge in [-0.15, -0.1) is 0 Å². The summed E-state index contributed by atoms with van der Waals surface area (Å²) in [5.74, 6) is 0.227. The maximum absolute atomic E-state index is 5.98. The number of hydrogen-bond acceptors (Lipinski definition) is 4. The number of nitrogens with zero attached hydrogens (tertiary/aromatic N) is 2. The van der Waals surface area contributed by atoms with Gasteiger partial charge in [0.15, 0.2) is 0 Å². The van der Waals surface area contributed by atoms with E-state index in [1.807, 2.05) is 0 Å². The molecule has 1 saturated heterocycles. The third-order valence-corrected chi connectivity index (χ3v) is 2.94. The normalized spacial score (nSPS) is 20.8. The Bertz CT molecular complexity index is 367. The first-order chi connectivity index (χ1) is 7.16. The topological polar surface area (TPSA) is 61.0 Å². The fourth-order valence-corrected chi connectivity index (χ4v) is 1.99. The van der Waals surface area contributed by atoms with Crippen LogP contribution in [0.2, 0.25) is 10.3 Å². The highest BCUT2D eigenvalue weighted by Gasteiger charge is 2.19. The number of aromatic nitrogens is 2. The lowest BCUT2D eigenvalue weighted by molar-refractivity contribution is 0.110. The highest BCUT2D eigenvalue weighted by atomic mass is 35.5. The number of halogens is 2. The molecule has 6 heteroatoms. The molecule has 2 heterocycles. The van der Waals surface area contributed by atoms with Gasteiger partial charge in [-0.2, -0.15) is 4.98 Å². The molecule has 0 spiro atoms. The summed E-state index contributed by atoms with van der Waals surface area (Å²) in [6.45, 7) is 0.802. The van der Waals surface area contributed by atoms with Crippen LogP contribution >= 0.6 is 23.2 Å². The Labute approximate surface area is 97.7 Å². The molecule has 1 aliphatic heterocycles. The van der Waals surface area contributed by atoms with E-state index in [0.717, 1.165) is 19.4 Å². The smallest absolute Gasteiger partial charge is 0.224 e. The van der Waals surface area contributed by atoms with E-state index < -0.39 is 0 Å². The van der Waals surface area contributed by atoms with Crippen molar-refractivity contribution >= 4 is 29.0 Å². The fourth-order valence-electron chi connectivity index (χ4n) is 1.64. The van der Waals surface area contributed by atoms with Gasteiger partial charge in [-0.05, 0) is 24.4 Å². The van der Waals surface area contributed by atoms with Crippen molar-refractivity contribution in [3.05, 3.63) is 16.0 Å². The molecular weight excluding hydrogens is 237 g/mol. The number of nitrogens with two attached hydrogens (primary N) is 1. The maximum atomic E-state index is 5.98. The fraction of sp³-hybridized carbons (Fsp3) is 0.556. The van der Waals surface area contributed by atoms with Crippen LogP contribution in [-0.4, -0.2) is 22.7 Å². The second-order valence-electron chi connectivity index (χ2n) is 3.48. The Kier molecular flexibility index (Phi) is 3.29. The molecule has 2 N–H and O–H groups in total. The molecule has 0 radical (unpaired) electrons. The SMILES string of the molecule is Nc1nc(Cl)nc(CC2CCCO2)c1Cl. The van der Waals surface area contributed by atoms with Gasteiger partial charge in [0.1, 0.15) is 10.8 Å². The third kappa shape index (κ3) is 2.51. The van der Waals surface area contributed by atoms with E-state index in [4.69, 9.17) is 33.7 Å². The van der Waals surface area contributed by atoms with Crippen LogP contribution in [-0.2, 0) is 11.2 Å². The van der Waals surface area contributed by atoms with Crippen LogP contribution in [0.15, 0.2) is 0 Å². The average Bonchev–Trinajstić information content (AvgIpc) is 2.66. The molecule has 1 aromatic rings. The van der Waals surface area contributed by atoms with Crippen LogP contribution in [0.1, 0.15) is 18.5 Å². The molecule has 2 rings (SSSR count). The van der Waals surface area contributed by atoms with Gasteiger partial charge < -0.3 is 10.5 Å². The third-order valence-electron chi connectivity index (χ3n) is 2.36. The second kappa shape index (κ2) is 4.51. The maximum Gasteiger partial charge on any atom is 0.224 e. The minimum Gasteiger partial charge on any atom is -0.382 e. The van der Waals surface area contributed by atoms with Gasteiger partial charge in [0.25, 0.3) is 0 Å². The largest absolute Gasteiger partial charge is 0.382 e. The summed E-state index contributed by atoms with van der Waals surface area (Å²) in [6, 6.07) is 0. The Morgan fingerprint density at radius 3 is 2.87 bits per heavy atom. The second-order valence-corrected chi connectivity index (χ2v) is 4.19. The summed E-state index contributed by atoms with van der Waals surface area (Å²) >= 11 is 11.7. The van der Waals surface area contributed by atoms with Crippen LogP contribution in [0.25, 0.3) is 0 Å².